The van der Waals surface area contributed by atoms with Crippen LogP contribution in [0.25, 0.3) is 11.3 Å². The molecule has 1 aliphatic heterocycles. The van der Waals surface area contributed by atoms with Crippen molar-refractivity contribution in [1.82, 2.24) is 14.5 Å². The first-order valence-electron chi connectivity index (χ1n) is 10.4. The fourth-order valence-corrected chi connectivity index (χ4v) is 4.05. The van der Waals surface area contributed by atoms with E-state index in [4.69, 9.17) is 5.73 Å². The van der Waals surface area contributed by atoms with Crippen LogP contribution in [-0.2, 0) is 30.5 Å². The lowest BCUT2D eigenvalue weighted by molar-refractivity contribution is -0.148. The van der Waals surface area contributed by atoms with Crippen LogP contribution in [0.15, 0.2) is 42.5 Å². The Morgan fingerprint density at radius 3 is 2.34 bits per heavy atom. The van der Waals surface area contributed by atoms with Crippen molar-refractivity contribution in [2.24, 2.45) is 5.73 Å². The molecule has 2 heterocycles. The summed E-state index contributed by atoms with van der Waals surface area (Å²) in [5.74, 6) is -5.01. The van der Waals surface area contributed by atoms with Crippen LogP contribution >= 0.6 is 12.4 Å². The zero-order valence-corrected chi connectivity index (χ0v) is 19.0. The number of fused-ring (bicyclic) bond motifs is 1. The predicted octanol–water partition coefficient (Wildman–Crippen LogP) is 4.71. The number of benzene rings is 2. The Morgan fingerprint density at radius 1 is 1.03 bits per heavy atom. The number of amides is 1. The van der Waals surface area contributed by atoms with Gasteiger partial charge in [-0.1, -0.05) is 30.3 Å². The van der Waals surface area contributed by atoms with Crippen LogP contribution in [0.3, 0.4) is 0 Å². The molecular weight excluding hydrogens is 498 g/mol. The summed E-state index contributed by atoms with van der Waals surface area (Å²) in [5.41, 5.74) is 6.65. The number of aromatic nitrogens is 2. The predicted molar refractivity (Wildman–Crippen MR) is 118 cm³/mol. The van der Waals surface area contributed by atoms with Crippen LogP contribution in [0.5, 0.6) is 0 Å². The van der Waals surface area contributed by atoms with E-state index in [1.807, 2.05) is 0 Å². The van der Waals surface area contributed by atoms with E-state index in [0.29, 0.717) is 17.7 Å². The lowest BCUT2D eigenvalue weighted by Gasteiger charge is -2.30. The second-order valence-electron chi connectivity index (χ2n) is 8.09. The third-order valence-electron chi connectivity index (χ3n) is 5.67. The van der Waals surface area contributed by atoms with E-state index in [1.165, 1.54) is 4.90 Å². The Kier molecular flexibility index (Phi) is 7.80. The van der Waals surface area contributed by atoms with Crippen LogP contribution in [-0.4, -0.2) is 32.9 Å². The van der Waals surface area contributed by atoms with Gasteiger partial charge >= 0.3 is 6.18 Å². The maximum Gasteiger partial charge on any atom is 0.449 e. The second kappa shape index (κ2) is 10.3. The van der Waals surface area contributed by atoms with Crippen LogP contribution < -0.4 is 5.73 Å². The van der Waals surface area contributed by atoms with E-state index in [1.54, 1.807) is 30.3 Å². The molecule has 5 nitrogen and oxygen atoms in total. The Bertz CT molecular complexity index is 1210. The van der Waals surface area contributed by atoms with E-state index in [-0.39, 0.29) is 61.8 Å². The third kappa shape index (κ3) is 5.62. The molecule has 1 aromatic heterocycles. The molecule has 2 N–H and O–H groups in total. The highest BCUT2D eigenvalue weighted by Crippen LogP contribution is 2.36. The molecule has 35 heavy (non-hydrogen) atoms. The van der Waals surface area contributed by atoms with E-state index in [0.717, 1.165) is 4.57 Å². The zero-order valence-electron chi connectivity index (χ0n) is 18.2. The number of nitrogens with two attached hydrogens (primary N) is 1. The fourth-order valence-electron chi connectivity index (χ4n) is 4.05. The quantitative estimate of drug-likeness (QED) is 0.393. The Hall–Kier alpha value is -3.05. The van der Waals surface area contributed by atoms with Crippen molar-refractivity contribution in [3.8, 4) is 11.3 Å². The van der Waals surface area contributed by atoms with Gasteiger partial charge in [0.15, 0.2) is 11.6 Å². The molecule has 1 atom stereocenters. The second-order valence-corrected chi connectivity index (χ2v) is 8.09. The molecule has 0 aliphatic carbocycles. The van der Waals surface area contributed by atoms with Gasteiger partial charge < -0.3 is 15.2 Å². The van der Waals surface area contributed by atoms with Crippen molar-refractivity contribution < 1.29 is 31.1 Å². The van der Waals surface area contributed by atoms with Crippen LogP contribution in [0, 0.1) is 17.5 Å². The van der Waals surface area contributed by atoms with Crippen molar-refractivity contribution >= 4 is 18.3 Å². The maximum atomic E-state index is 13.9. The topological polar surface area (TPSA) is 64.2 Å². The van der Waals surface area contributed by atoms with Gasteiger partial charge in [-0.2, -0.15) is 13.2 Å². The number of carbonyl (C=O) groups is 1. The molecule has 188 valence electrons. The van der Waals surface area contributed by atoms with E-state index < -0.39 is 41.4 Å². The van der Waals surface area contributed by atoms with Gasteiger partial charge in [0.2, 0.25) is 11.7 Å². The summed E-state index contributed by atoms with van der Waals surface area (Å²) in [5, 5.41) is 0. The number of hydrogen-bond acceptors (Lipinski definition) is 3. The highest BCUT2D eigenvalue weighted by molar-refractivity contribution is 5.85. The molecule has 1 amide bonds. The van der Waals surface area contributed by atoms with Gasteiger partial charge in [-0.25, -0.2) is 18.2 Å². The first-order valence-corrected chi connectivity index (χ1v) is 10.4. The molecule has 1 aliphatic rings. The molecule has 0 saturated heterocycles. The van der Waals surface area contributed by atoms with E-state index in [2.05, 4.69) is 4.98 Å². The normalized spacial score (nSPS) is 14.3. The minimum atomic E-state index is -4.66. The molecule has 12 heteroatoms. The summed E-state index contributed by atoms with van der Waals surface area (Å²) >= 11 is 0. The minimum Gasteiger partial charge on any atom is -0.335 e. The van der Waals surface area contributed by atoms with Crippen molar-refractivity contribution in [2.45, 2.75) is 38.1 Å². The molecule has 2 aromatic carbocycles. The zero-order chi connectivity index (χ0) is 24.6. The Morgan fingerprint density at radius 2 is 1.69 bits per heavy atom. The molecular formula is C23H21ClF6N4O. The lowest BCUT2D eigenvalue weighted by Crippen LogP contribution is -2.42. The van der Waals surface area contributed by atoms with E-state index in [9.17, 15) is 31.1 Å². The molecule has 4 rings (SSSR count). The number of nitrogens with zero attached hydrogens (tertiary/aromatic N) is 3. The monoisotopic (exact) mass is 518 g/mol. The third-order valence-corrected chi connectivity index (χ3v) is 5.67. The van der Waals surface area contributed by atoms with Crippen LogP contribution in [0.1, 0.15) is 23.5 Å². The molecule has 0 saturated carbocycles. The number of carbonyl (C=O) groups excluding carboxylic acids is 1. The standard InChI is InChI=1S/C23H20F6N4O.ClH/c24-16-11-18(26)17(25)9-14(16)8-15(30)10-20(34)32-6-7-33-19(12-32)21(13-4-2-1-3-5-13)31-22(33)23(27,28)29;/h1-5,9,11,15H,6-8,10,12,30H2;1H/t15-;/m1./s1. The minimum absolute atomic E-state index is 0. The van der Waals surface area contributed by atoms with Crippen LogP contribution in [0.2, 0.25) is 0 Å². The highest BCUT2D eigenvalue weighted by atomic mass is 35.5. The first-order chi connectivity index (χ1) is 16.0. The Labute approximate surface area is 203 Å². The van der Waals surface area contributed by atoms with Crippen molar-refractivity contribution in [3.63, 3.8) is 0 Å². The maximum absolute atomic E-state index is 13.9. The lowest BCUT2D eigenvalue weighted by atomic mass is 10.0. The summed E-state index contributed by atoms with van der Waals surface area (Å²) in [6.45, 7) is -0.215. The molecule has 0 radical (unpaired) electrons. The average Bonchev–Trinajstić information content (AvgIpc) is 3.17. The molecule has 0 bridgehead atoms. The highest BCUT2D eigenvalue weighted by Gasteiger charge is 2.40. The number of rotatable bonds is 5. The van der Waals surface area contributed by atoms with Crippen molar-refractivity contribution in [2.75, 3.05) is 6.54 Å². The van der Waals surface area contributed by atoms with Gasteiger partial charge in [0.25, 0.3) is 0 Å². The summed E-state index contributed by atoms with van der Waals surface area (Å²) in [6, 6.07) is 8.55. The van der Waals surface area contributed by atoms with Crippen LogP contribution in [0.4, 0.5) is 26.3 Å². The van der Waals surface area contributed by atoms with Gasteiger partial charge in [0, 0.05) is 37.2 Å². The fraction of sp³-hybridized carbons (Fsp3) is 0.304. The number of hydrogen-bond donors (Lipinski definition) is 1. The number of halogens is 7. The average molecular weight is 519 g/mol. The summed E-state index contributed by atoms with van der Waals surface area (Å²) < 4.78 is 82.2. The molecule has 0 fully saturated rings. The van der Waals surface area contributed by atoms with Gasteiger partial charge in [0.1, 0.15) is 5.82 Å². The first kappa shape index (κ1) is 26.6. The smallest absolute Gasteiger partial charge is 0.335 e. The van der Waals surface area contributed by atoms with Crippen molar-refractivity contribution in [3.05, 3.63) is 77.0 Å². The van der Waals surface area contributed by atoms with Gasteiger partial charge in [0.05, 0.1) is 17.9 Å². The van der Waals surface area contributed by atoms with Gasteiger partial charge in [-0.05, 0) is 18.1 Å². The number of alkyl halides is 3. The molecule has 3 aromatic rings. The molecule has 0 spiro atoms. The summed E-state index contributed by atoms with van der Waals surface area (Å²) in [7, 11) is 0. The summed E-state index contributed by atoms with van der Waals surface area (Å²) in [6.07, 6.45) is -5.13. The van der Waals surface area contributed by atoms with Crippen molar-refractivity contribution in [1.29, 1.82) is 0 Å². The SMILES string of the molecule is Cl.N[C@@H](CC(=O)N1CCn2c(C(F)(F)F)nc(-c3ccccc3)c2C1)Cc1cc(F)c(F)cc1F. The Balaban J connectivity index is 0.00000342. The van der Waals surface area contributed by atoms with E-state index >= 15 is 0 Å². The van der Waals surface area contributed by atoms with Gasteiger partial charge in [-0.15, -0.1) is 12.4 Å². The summed E-state index contributed by atoms with van der Waals surface area (Å²) in [4.78, 5) is 18.0. The molecule has 0 unspecified atom stereocenters. The number of imidazole rings is 1. The van der Waals surface area contributed by atoms with Gasteiger partial charge in [-0.3, -0.25) is 4.79 Å². The largest absolute Gasteiger partial charge is 0.449 e.